The number of anilines is 1. The number of carbonyl (C=O) groups excluding carboxylic acids is 1. The van der Waals surface area contributed by atoms with Crippen LogP contribution in [0.25, 0.3) is 10.9 Å². The van der Waals surface area contributed by atoms with Gasteiger partial charge in [0, 0.05) is 44.7 Å². The number of fused-ring (bicyclic) bond motifs is 2. The van der Waals surface area contributed by atoms with Gasteiger partial charge in [0.25, 0.3) is 0 Å². The number of aryl methyl sites for hydroxylation is 1. The molecule has 0 unspecified atom stereocenters. The molecule has 0 fully saturated rings. The monoisotopic (exact) mass is 435 g/mol. The van der Waals surface area contributed by atoms with Gasteiger partial charge in [-0.2, -0.15) is 0 Å². The second-order valence-electron chi connectivity index (χ2n) is 6.76. The van der Waals surface area contributed by atoms with Gasteiger partial charge in [0.1, 0.15) is 0 Å². The molecule has 0 spiro atoms. The highest BCUT2D eigenvalue weighted by atomic mass is 35.5. The number of rotatable bonds is 9. The van der Waals surface area contributed by atoms with Gasteiger partial charge in [-0.1, -0.05) is 40.1 Å². The largest absolute Gasteiger partial charge is 0.384 e. The molecule has 150 valence electrons. The highest BCUT2D eigenvalue weighted by molar-refractivity contribution is 8.78. The Labute approximate surface area is 179 Å². The number of nitrogens with one attached hydrogen (secondary N) is 2. The van der Waals surface area contributed by atoms with Gasteiger partial charge in [-0.05, 0) is 62.8 Å². The summed E-state index contributed by atoms with van der Waals surface area (Å²) in [5, 5.41) is 8.34. The Bertz CT molecular complexity index is 886. The number of pyridine rings is 1. The lowest BCUT2D eigenvalue weighted by atomic mass is 9.92. The summed E-state index contributed by atoms with van der Waals surface area (Å²) in [5.41, 5.74) is 5.64. The standard InChI is InChI=1S/C21H26ClN3OS2/c1-3-27-28-20(14(2)24-13-26)10-11-23-21-16-6-4-5-7-18(16)25-19-12-15(22)8-9-17(19)21/h8-9,12-13H,3-7,10-11H2,1-2H3,(H,23,25)(H,24,26). The molecule has 0 radical (unpaired) electrons. The maximum Gasteiger partial charge on any atom is 0.211 e. The Morgan fingerprint density at radius 2 is 2.14 bits per heavy atom. The van der Waals surface area contributed by atoms with Gasteiger partial charge in [-0.25, -0.2) is 0 Å². The molecule has 0 saturated carbocycles. The fourth-order valence-electron chi connectivity index (χ4n) is 3.49. The Morgan fingerprint density at radius 1 is 1.32 bits per heavy atom. The molecule has 0 saturated heterocycles. The smallest absolute Gasteiger partial charge is 0.211 e. The number of halogens is 1. The second-order valence-corrected chi connectivity index (χ2v) is 9.87. The fraction of sp³-hybridized carbons (Fsp3) is 0.429. The average molecular weight is 436 g/mol. The molecule has 0 aliphatic heterocycles. The van der Waals surface area contributed by atoms with Crippen molar-refractivity contribution in [1.29, 1.82) is 0 Å². The molecule has 3 rings (SSSR count). The number of benzene rings is 1. The molecule has 28 heavy (non-hydrogen) atoms. The van der Waals surface area contributed by atoms with Gasteiger partial charge >= 0.3 is 0 Å². The molecule has 1 heterocycles. The van der Waals surface area contributed by atoms with Gasteiger partial charge in [0.05, 0.1) is 5.52 Å². The van der Waals surface area contributed by atoms with Gasteiger partial charge < -0.3 is 10.6 Å². The molecule has 0 atom stereocenters. The minimum Gasteiger partial charge on any atom is -0.384 e. The molecular weight excluding hydrogens is 410 g/mol. The lowest BCUT2D eigenvalue weighted by Gasteiger charge is -2.22. The normalized spacial score (nSPS) is 14.4. The van der Waals surface area contributed by atoms with Crippen molar-refractivity contribution in [2.45, 2.75) is 46.0 Å². The van der Waals surface area contributed by atoms with Crippen molar-refractivity contribution in [2.24, 2.45) is 0 Å². The molecule has 4 nitrogen and oxygen atoms in total. The maximum atomic E-state index is 10.8. The SMILES string of the molecule is CCSSC(CCNc1c2c(nc3cc(Cl)ccc13)CCCC2)=C(C)NC=O. The number of allylic oxidation sites excluding steroid dienone is 1. The van der Waals surface area contributed by atoms with Crippen molar-refractivity contribution in [2.75, 3.05) is 17.6 Å². The third-order valence-electron chi connectivity index (χ3n) is 4.85. The lowest BCUT2D eigenvalue weighted by molar-refractivity contribution is -0.108. The lowest BCUT2D eigenvalue weighted by Crippen LogP contribution is -2.14. The van der Waals surface area contributed by atoms with Gasteiger partial charge in [0.15, 0.2) is 0 Å². The predicted octanol–water partition coefficient (Wildman–Crippen LogP) is 5.95. The van der Waals surface area contributed by atoms with Crippen LogP contribution in [0.2, 0.25) is 5.02 Å². The van der Waals surface area contributed by atoms with E-state index in [9.17, 15) is 4.79 Å². The van der Waals surface area contributed by atoms with Crippen LogP contribution >= 0.6 is 33.2 Å². The molecule has 1 amide bonds. The Hall–Kier alpha value is -1.37. The Morgan fingerprint density at radius 3 is 2.93 bits per heavy atom. The van der Waals surface area contributed by atoms with Crippen LogP contribution in [0.3, 0.4) is 0 Å². The summed E-state index contributed by atoms with van der Waals surface area (Å²) < 4.78 is 0. The summed E-state index contributed by atoms with van der Waals surface area (Å²) in [4.78, 5) is 16.9. The minimum atomic E-state index is 0.718. The molecule has 2 aromatic rings. The third kappa shape index (κ3) is 5.16. The number of hydrogen-bond acceptors (Lipinski definition) is 5. The zero-order valence-electron chi connectivity index (χ0n) is 16.3. The van der Waals surface area contributed by atoms with E-state index in [1.807, 2.05) is 19.1 Å². The second kappa shape index (κ2) is 10.4. The van der Waals surface area contributed by atoms with Crippen LogP contribution in [0.1, 0.15) is 44.4 Å². The first kappa shape index (κ1) is 21.3. The number of aromatic nitrogens is 1. The molecule has 1 aliphatic rings. The number of amides is 1. The third-order valence-corrected chi connectivity index (χ3v) is 7.81. The number of hydrogen-bond donors (Lipinski definition) is 2. The minimum absolute atomic E-state index is 0.718. The van der Waals surface area contributed by atoms with E-state index in [0.717, 1.165) is 59.6 Å². The van der Waals surface area contributed by atoms with Gasteiger partial charge in [0.2, 0.25) is 6.41 Å². The zero-order valence-corrected chi connectivity index (χ0v) is 18.7. The first-order valence-electron chi connectivity index (χ1n) is 9.68. The van der Waals surface area contributed by atoms with Crippen LogP contribution in [-0.4, -0.2) is 23.7 Å². The van der Waals surface area contributed by atoms with E-state index in [1.54, 1.807) is 21.6 Å². The van der Waals surface area contributed by atoms with E-state index >= 15 is 0 Å². The number of nitrogens with zero attached hydrogens (tertiary/aromatic N) is 1. The predicted molar refractivity (Wildman–Crippen MR) is 124 cm³/mol. The highest BCUT2D eigenvalue weighted by Gasteiger charge is 2.18. The summed E-state index contributed by atoms with van der Waals surface area (Å²) >= 11 is 6.21. The number of carbonyl (C=O) groups is 1. The van der Waals surface area contributed by atoms with Gasteiger partial charge in [-0.3, -0.25) is 9.78 Å². The molecule has 1 aliphatic carbocycles. The molecule has 0 bridgehead atoms. The summed E-state index contributed by atoms with van der Waals surface area (Å²) in [5.74, 6) is 1.03. The van der Waals surface area contributed by atoms with Crippen molar-refractivity contribution >= 4 is 56.2 Å². The van der Waals surface area contributed by atoms with Crippen LogP contribution in [-0.2, 0) is 17.6 Å². The first-order valence-corrected chi connectivity index (χ1v) is 12.4. The van der Waals surface area contributed by atoms with Crippen molar-refractivity contribution < 1.29 is 4.79 Å². The molecule has 7 heteroatoms. The van der Waals surface area contributed by atoms with E-state index in [2.05, 4.69) is 23.6 Å². The molecule has 1 aromatic heterocycles. The van der Waals surface area contributed by atoms with E-state index in [0.29, 0.717) is 0 Å². The summed E-state index contributed by atoms with van der Waals surface area (Å²) in [6.07, 6.45) is 6.10. The van der Waals surface area contributed by atoms with Crippen LogP contribution < -0.4 is 10.6 Å². The van der Waals surface area contributed by atoms with Crippen LogP contribution in [0.4, 0.5) is 5.69 Å². The fourth-order valence-corrected chi connectivity index (χ4v) is 5.69. The van der Waals surface area contributed by atoms with Gasteiger partial charge in [-0.15, -0.1) is 0 Å². The Kier molecular flexibility index (Phi) is 7.94. The van der Waals surface area contributed by atoms with E-state index in [4.69, 9.17) is 16.6 Å². The highest BCUT2D eigenvalue weighted by Crippen LogP contribution is 2.36. The van der Waals surface area contributed by atoms with Crippen molar-refractivity contribution in [3.8, 4) is 0 Å². The van der Waals surface area contributed by atoms with E-state index in [-0.39, 0.29) is 0 Å². The molecule has 1 aromatic carbocycles. The van der Waals surface area contributed by atoms with Crippen molar-refractivity contribution in [3.05, 3.63) is 45.1 Å². The molecule has 2 N–H and O–H groups in total. The van der Waals surface area contributed by atoms with Crippen molar-refractivity contribution in [1.82, 2.24) is 10.3 Å². The summed E-state index contributed by atoms with van der Waals surface area (Å²) in [7, 11) is 3.54. The molecular formula is C21H26ClN3OS2. The maximum absolute atomic E-state index is 10.8. The summed E-state index contributed by atoms with van der Waals surface area (Å²) in [6.45, 7) is 4.90. The average Bonchev–Trinajstić information content (AvgIpc) is 2.69. The van der Waals surface area contributed by atoms with Crippen LogP contribution in [0, 0.1) is 0 Å². The Balaban J connectivity index is 1.85. The zero-order chi connectivity index (χ0) is 19.9. The van der Waals surface area contributed by atoms with E-state index in [1.165, 1.54) is 34.7 Å². The van der Waals surface area contributed by atoms with E-state index < -0.39 is 0 Å². The first-order chi connectivity index (χ1) is 13.6. The summed E-state index contributed by atoms with van der Waals surface area (Å²) in [6, 6.07) is 5.96. The van der Waals surface area contributed by atoms with Crippen molar-refractivity contribution in [3.63, 3.8) is 0 Å². The van der Waals surface area contributed by atoms with Crippen LogP contribution in [0.15, 0.2) is 28.8 Å². The quantitative estimate of drug-likeness (QED) is 0.376. The topological polar surface area (TPSA) is 54.0 Å². The van der Waals surface area contributed by atoms with Crippen LogP contribution in [0.5, 0.6) is 0 Å².